The van der Waals surface area contributed by atoms with E-state index in [1.165, 1.54) is 0 Å². The van der Waals surface area contributed by atoms with Crippen LogP contribution in [0.25, 0.3) is 0 Å². The highest BCUT2D eigenvalue weighted by Crippen LogP contribution is 2.42. The van der Waals surface area contributed by atoms with Crippen molar-refractivity contribution in [3.8, 4) is 0 Å². The summed E-state index contributed by atoms with van der Waals surface area (Å²) in [5.74, 6) is -0.753. The molecule has 1 aromatic carbocycles. The van der Waals surface area contributed by atoms with E-state index in [0.29, 0.717) is 40.8 Å². The van der Waals surface area contributed by atoms with Crippen molar-refractivity contribution in [2.45, 2.75) is 89.5 Å². The van der Waals surface area contributed by atoms with Gasteiger partial charge in [-0.15, -0.1) is 0 Å². The molecule has 2 N–H and O–H groups in total. The number of hydrogen-bond donors (Lipinski definition) is 2. The van der Waals surface area contributed by atoms with Crippen LogP contribution in [0.4, 0.5) is 5.69 Å². The summed E-state index contributed by atoms with van der Waals surface area (Å²) in [7, 11) is -0.646. The fourth-order valence-electron chi connectivity index (χ4n) is 5.19. The van der Waals surface area contributed by atoms with E-state index in [9.17, 15) is 14.7 Å². The van der Waals surface area contributed by atoms with E-state index in [1.807, 2.05) is 50.8 Å². The number of anilines is 1. The minimum atomic E-state index is -0.777. The van der Waals surface area contributed by atoms with Crippen molar-refractivity contribution >= 4 is 41.7 Å². The maximum atomic E-state index is 13.3. The van der Waals surface area contributed by atoms with Crippen LogP contribution in [0.1, 0.15) is 87.3 Å². The summed E-state index contributed by atoms with van der Waals surface area (Å²) in [5, 5.41) is 12.9. The molecule has 0 bridgehead atoms. The van der Waals surface area contributed by atoms with E-state index in [4.69, 9.17) is 20.9 Å². The van der Waals surface area contributed by atoms with Crippen molar-refractivity contribution in [3.05, 3.63) is 52.3 Å². The van der Waals surface area contributed by atoms with Crippen LogP contribution in [0, 0.1) is 0 Å². The first-order chi connectivity index (χ1) is 18.0. The lowest BCUT2D eigenvalue weighted by atomic mass is 9.79. The van der Waals surface area contributed by atoms with Gasteiger partial charge in [0.1, 0.15) is 11.7 Å². The van der Waals surface area contributed by atoms with Crippen LogP contribution in [0.5, 0.6) is 0 Å². The van der Waals surface area contributed by atoms with Gasteiger partial charge in [-0.05, 0) is 89.1 Å². The number of nitrogens with zero attached hydrogens (tertiary/aromatic N) is 2. The first kappa shape index (κ1) is 27.1. The van der Waals surface area contributed by atoms with Crippen LogP contribution in [-0.4, -0.2) is 57.8 Å². The van der Waals surface area contributed by atoms with Gasteiger partial charge in [-0.3, -0.25) is 19.5 Å². The molecule has 3 heterocycles. The molecule has 1 aromatic heterocycles. The largest absolute Gasteiger partial charge is 0.496 e. The summed E-state index contributed by atoms with van der Waals surface area (Å²) in [6, 6.07) is 6.77. The highest BCUT2D eigenvalue weighted by Gasteiger charge is 2.52. The van der Waals surface area contributed by atoms with Crippen LogP contribution in [0.3, 0.4) is 0 Å². The molecule has 0 spiro atoms. The second kappa shape index (κ2) is 10.3. The monoisotopic (exact) mass is 539 g/mol. The molecule has 1 atom stereocenters. The van der Waals surface area contributed by atoms with Crippen molar-refractivity contribution in [2.75, 3.05) is 11.9 Å². The van der Waals surface area contributed by atoms with Gasteiger partial charge in [0.25, 0.3) is 5.91 Å². The van der Waals surface area contributed by atoms with Crippen LogP contribution in [0.15, 0.2) is 30.5 Å². The van der Waals surface area contributed by atoms with E-state index in [0.717, 1.165) is 43.4 Å². The molecule has 202 valence electrons. The fourth-order valence-corrected chi connectivity index (χ4v) is 5.46. The first-order valence-corrected chi connectivity index (χ1v) is 13.8. The molecule has 1 saturated carbocycles. The number of carboxylic acid groups (broad SMARTS) is 1. The van der Waals surface area contributed by atoms with Gasteiger partial charge in [0, 0.05) is 18.2 Å². The highest BCUT2D eigenvalue weighted by atomic mass is 35.5. The molecule has 2 saturated heterocycles. The first-order valence-electron chi connectivity index (χ1n) is 13.4. The number of nitrogens with one attached hydrogen (secondary N) is 1. The van der Waals surface area contributed by atoms with Gasteiger partial charge in [-0.2, -0.15) is 0 Å². The van der Waals surface area contributed by atoms with E-state index < -0.39 is 30.3 Å². The molecule has 3 fully saturated rings. The second-order valence-electron chi connectivity index (χ2n) is 11.6. The molecule has 8 nitrogen and oxygen atoms in total. The summed E-state index contributed by atoms with van der Waals surface area (Å²) >= 11 is 6.72. The van der Waals surface area contributed by atoms with Gasteiger partial charge in [-0.1, -0.05) is 30.2 Å². The predicted octanol–water partition coefficient (Wildman–Crippen LogP) is 4.60. The normalized spacial score (nSPS) is 22.9. The van der Waals surface area contributed by atoms with E-state index in [2.05, 4.69) is 10.3 Å². The summed E-state index contributed by atoms with van der Waals surface area (Å²) in [6.45, 7) is 9.19. The van der Waals surface area contributed by atoms with Crippen molar-refractivity contribution in [2.24, 2.45) is 0 Å². The number of halogens is 1. The number of carbonyl (C=O) groups excluding carboxylic acids is 1. The third-order valence-electron chi connectivity index (χ3n) is 8.33. The lowest BCUT2D eigenvalue weighted by Gasteiger charge is -2.33. The van der Waals surface area contributed by atoms with Crippen molar-refractivity contribution < 1.29 is 24.0 Å². The van der Waals surface area contributed by atoms with Gasteiger partial charge in [0.15, 0.2) is 0 Å². The van der Waals surface area contributed by atoms with Crippen molar-refractivity contribution in [1.82, 2.24) is 9.88 Å². The van der Waals surface area contributed by atoms with Gasteiger partial charge in [0.05, 0.1) is 21.9 Å². The minimum Gasteiger partial charge on any atom is -0.480 e. The molecular formula is C28H35BClN3O5. The Morgan fingerprint density at radius 2 is 1.87 bits per heavy atom. The molecule has 3 aliphatic rings. The third kappa shape index (κ3) is 5.34. The zero-order valence-electron chi connectivity index (χ0n) is 22.4. The molecule has 1 amide bonds. The van der Waals surface area contributed by atoms with Gasteiger partial charge in [-0.25, -0.2) is 0 Å². The number of aliphatic carboxylic acids is 1. The number of rotatable bonds is 7. The summed E-state index contributed by atoms with van der Waals surface area (Å²) < 4.78 is 12.3. The number of hydrogen-bond acceptors (Lipinski definition) is 6. The van der Waals surface area contributed by atoms with E-state index in [-0.39, 0.29) is 5.91 Å². The predicted molar refractivity (Wildman–Crippen MR) is 147 cm³/mol. The zero-order chi connectivity index (χ0) is 27.2. The maximum absolute atomic E-state index is 13.3. The van der Waals surface area contributed by atoms with Crippen molar-refractivity contribution in [3.63, 3.8) is 0 Å². The van der Waals surface area contributed by atoms with Gasteiger partial charge < -0.3 is 19.7 Å². The second-order valence-corrected chi connectivity index (χ2v) is 12.0. The van der Waals surface area contributed by atoms with Crippen molar-refractivity contribution in [1.29, 1.82) is 0 Å². The molecule has 1 aliphatic carbocycles. The van der Waals surface area contributed by atoms with Crippen LogP contribution in [0.2, 0.25) is 5.02 Å². The summed E-state index contributed by atoms with van der Waals surface area (Å²) in [5.41, 5.74) is 2.48. The molecule has 0 radical (unpaired) electrons. The van der Waals surface area contributed by atoms with Crippen LogP contribution >= 0.6 is 11.6 Å². The molecular weight excluding hydrogens is 505 g/mol. The van der Waals surface area contributed by atoms with E-state index in [1.54, 1.807) is 12.3 Å². The Labute approximate surface area is 229 Å². The minimum absolute atomic E-state index is 0.307. The van der Waals surface area contributed by atoms with Crippen LogP contribution < -0.4 is 10.8 Å². The van der Waals surface area contributed by atoms with E-state index >= 15 is 0 Å². The Morgan fingerprint density at radius 1 is 1.16 bits per heavy atom. The molecule has 2 aromatic rings. The summed E-state index contributed by atoms with van der Waals surface area (Å²) in [6.07, 6.45) is 6.43. The summed E-state index contributed by atoms with van der Waals surface area (Å²) in [4.78, 5) is 31.5. The average Bonchev–Trinajstić information content (AvgIpc) is 3.67. The SMILES string of the molecule is CC1(C)OB(c2cccc(NC(=O)c3cc(C4CC4)c(CN4CCCC[C@H]4C(=O)O)cn3)c2Cl)OC1(C)C. The fraction of sp³-hybridized carbons (Fsp3) is 0.536. The number of likely N-dealkylation sites (tertiary alicyclic amines) is 1. The topological polar surface area (TPSA) is 101 Å². The molecule has 2 aliphatic heterocycles. The standard InChI is InChI=1S/C28H35BClN3O5/c1-27(2)28(3,4)38-29(37-27)20-8-7-9-21(24(20)30)32-25(34)22-14-19(17-11-12-17)18(15-31-22)16-33-13-6-5-10-23(33)26(35)36/h7-9,14-15,17,23H,5-6,10-13,16H2,1-4H3,(H,32,34)(H,35,36)/t23-/m0/s1. The number of aromatic nitrogens is 1. The number of carbonyl (C=O) groups is 2. The number of piperidine rings is 1. The Morgan fingerprint density at radius 3 is 2.53 bits per heavy atom. The number of amides is 1. The van der Waals surface area contributed by atoms with Gasteiger partial charge >= 0.3 is 13.1 Å². The average molecular weight is 540 g/mol. The molecule has 5 rings (SSSR count). The Kier molecular flexibility index (Phi) is 7.33. The molecule has 10 heteroatoms. The Bertz CT molecular complexity index is 1230. The Balaban J connectivity index is 1.34. The third-order valence-corrected chi connectivity index (χ3v) is 8.75. The number of pyridine rings is 1. The number of carboxylic acids is 1. The molecule has 0 unspecified atom stereocenters. The highest BCUT2D eigenvalue weighted by molar-refractivity contribution is 6.66. The smallest absolute Gasteiger partial charge is 0.480 e. The maximum Gasteiger partial charge on any atom is 0.496 e. The quantitative estimate of drug-likeness (QED) is 0.496. The Hall–Kier alpha value is -2.46. The lowest BCUT2D eigenvalue weighted by molar-refractivity contribution is -0.144. The zero-order valence-corrected chi connectivity index (χ0v) is 23.2. The molecule has 38 heavy (non-hydrogen) atoms. The van der Waals surface area contributed by atoms with Gasteiger partial charge in [0.2, 0.25) is 0 Å². The van der Waals surface area contributed by atoms with Crippen LogP contribution in [-0.2, 0) is 20.6 Å². The number of benzene rings is 1. The lowest BCUT2D eigenvalue weighted by Crippen LogP contribution is -2.44.